The Balaban J connectivity index is 2.07. The van der Waals surface area contributed by atoms with E-state index in [9.17, 15) is 22.4 Å². The lowest BCUT2D eigenvalue weighted by Gasteiger charge is -2.34. The van der Waals surface area contributed by atoms with Crippen molar-refractivity contribution in [3.05, 3.63) is 99.8 Å². The van der Waals surface area contributed by atoms with Gasteiger partial charge in [0, 0.05) is 19.0 Å². The Morgan fingerprint density at radius 1 is 0.950 bits per heavy atom. The Morgan fingerprint density at radius 2 is 1.60 bits per heavy atom. The van der Waals surface area contributed by atoms with Crippen LogP contribution in [0.15, 0.2) is 72.8 Å². The maximum Gasteiger partial charge on any atom is 0.244 e. The van der Waals surface area contributed by atoms with Crippen LogP contribution in [0.2, 0.25) is 10.0 Å². The van der Waals surface area contributed by atoms with Crippen LogP contribution >= 0.6 is 23.2 Å². The summed E-state index contributed by atoms with van der Waals surface area (Å²) in [6.45, 7) is 3.15. The summed E-state index contributed by atoms with van der Waals surface area (Å²) in [5.74, 6) is -1.55. The molecule has 40 heavy (non-hydrogen) atoms. The molecule has 7 nitrogen and oxygen atoms in total. The highest BCUT2D eigenvalue weighted by atomic mass is 35.5. The molecule has 0 radical (unpaired) electrons. The standard InChI is InChI=1S/C29H32Cl2FN3O4S/c1-4-20(2)33-29(37)27(17-21-8-6-5-7-9-21)34(18-22-10-15-25(30)26(31)16-22)28(36)19-35(40(3,38)39)24-13-11-23(32)12-14-24/h5-16,20,27H,4,17-19H2,1-3H3,(H,33,37)/t20-,27-/m0/s1. The van der Waals surface area contributed by atoms with Crippen molar-refractivity contribution in [1.82, 2.24) is 10.2 Å². The van der Waals surface area contributed by atoms with Gasteiger partial charge >= 0.3 is 0 Å². The number of halogens is 3. The summed E-state index contributed by atoms with van der Waals surface area (Å²) >= 11 is 12.3. The number of sulfonamides is 1. The Hall–Kier alpha value is -3.14. The lowest BCUT2D eigenvalue weighted by Crippen LogP contribution is -2.54. The van der Waals surface area contributed by atoms with E-state index >= 15 is 0 Å². The van der Waals surface area contributed by atoms with Crippen LogP contribution in [0, 0.1) is 5.82 Å². The molecule has 214 valence electrons. The van der Waals surface area contributed by atoms with E-state index in [0.29, 0.717) is 17.0 Å². The number of anilines is 1. The first-order valence-electron chi connectivity index (χ1n) is 12.7. The summed E-state index contributed by atoms with van der Waals surface area (Å²) in [6, 6.07) is 17.8. The molecule has 3 aromatic carbocycles. The van der Waals surface area contributed by atoms with Gasteiger partial charge in [0.25, 0.3) is 0 Å². The SMILES string of the molecule is CC[C@H](C)NC(=O)[C@H](Cc1ccccc1)N(Cc1ccc(Cl)c(Cl)c1)C(=O)CN(c1ccc(F)cc1)S(C)(=O)=O. The zero-order chi connectivity index (χ0) is 29.4. The van der Waals surface area contributed by atoms with Crippen LogP contribution in [0.25, 0.3) is 0 Å². The van der Waals surface area contributed by atoms with Gasteiger partial charge in [-0.1, -0.05) is 66.5 Å². The smallest absolute Gasteiger partial charge is 0.244 e. The second-order valence-corrected chi connectivity index (χ2v) is 12.3. The number of hydrogen-bond donors (Lipinski definition) is 1. The molecule has 0 fully saturated rings. The predicted octanol–water partition coefficient (Wildman–Crippen LogP) is 5.45. The molecule has 1 N–H and O–H groups in total. The van der Waals surface area contributed by atoms with Gasteiger partial charge in [-0.25, -0.2) is 12.8 Å². The number of carbonyl (C=O) groups excluding carboxylic acids is 2. The maximum absolute atomic E-state index is 14.0. The number of amides is 2. The minimum Gasteiger partial charge on any atom is -0.352 e. The molecule has 0 saturated carbocycles. The number of hydrogen-bond acceptors (Lipinski definition) is 4. The van der Waals surface area contributed by atoms with Gasteiger partial charge in [-0.05, 0) is 60.9 Å². The van der Waals surface area contributed by atoms with Gasteiger partial charge in [0.2, 0.25) is 21.8 Å². The van der Waals surface area contributed by atoms with E-state index in [1.54, 1.807) is 18.2 Å². The van der Waals surface area contributed by atoms with E-state index in [0.717, 1.165) is 28.3 Å². The Bertz CT molecular complexity index is 1420. The lowest BCUT2D eigenvalue weighted by atomic mass is 10.0. The molecule has 2 atom stereocenters. The summed E-state index contributed by atoms with van der Waals surface area (Å²) < 4.78 is 39.9. The molecule has 0 aliphatic heterocycles. The largest absolute Gasteiger partial charge is 0.352 e. The van der Waals surface area contributed by atoms with Gasteiger partial charge in [0.1, 0.15) is 18.4 Å². The molecule has 0 spiro atoms. The second kappa shape index (κ2) is 14.0. The molecule has 2 amide bonds. The molecule has 3 rings (SSSR count). The van der Waals surface area contributed by atoms with Crippen molar-refractivity contribution in [3.63, 3.8) is 0 Å². The fourth-order valence-corrected chi connectivity index (χ4v) is 5.22. The van der Waals surface area contributed by atoms with Crippen LogP contribution in [0.4, 0.5) is 10.1 Å². The van der Waals surface area contributed by atoms with Crippen molar-refractivity contribution in [2.75, 3.05) is 17.1 Å². The number of nitrogens with one attached hydrogen (secondary N) is 1. The molecule has 3 aromatic rings. The second-order valence-electron chi connectivity index (χ2n) is 9.54. The third kappa shape index (κ3) is 8.68. The average molecular weight is 609 g/mol. The third-order valence-corrected chi connectivity index (χ3v) is 8.28. The van der Waals surface area contributed by atoms with Crippen LogP contribution in [0.5, 0.6) is 0 Å². The minimum absolute atomic E-state index is 0.0395. The van der Waals surface area contributed by atoms with Gasteiger partial charge in [0.05, 0.1) is 22.0 Å². The van der Waals surface area contributed by atoms with Crippen molar-refractivity contribution in [1.29, 1.82) is 0 Å². The average Bonchev–Trinajstić information content (AvgIpc) is 2.91. The van der Waals surface area contributed by atoms with Gasteiger partial charge < -0.3 is 10.2 Å². The Kier molecular flexibility index (Phi) is 11.0. The molecule has 0 aliphatic rings. The lowest BCUT2D eigenvalue weighted by molar-refractivity contribution is -0.140. The van der Waals surface area contributed by atoms with Gasteiger partial charge in [-0.3, -0.25) is 13.9 Å². The summed E-state index contributed by atoms with van der Waals surface area (Å²) in [7, 11) is -3.95. The van der Waals surface area contributed by atoms with Gasteiger partial charge in [-0.2, -0.15) is 0 Å². The molecule has 0 heterocycles. The minimum atomic E-state index is -3.95. The first-order valence-corrected chi connectivity index (χ1v) is 15.3. The fourth-order valence-electron chi connectivity index (χ4n) is 4.05. The van der Waals surface area contributed by atoms with E-state index in [-0.39, 0.29) is 35.6 Å². The molecule has 0 aromatic heterocycles. The first-order chi connectivity index (χ1) is 18.9. The summed E-state index contributed by atoms with van der Waals surface area (Å²) in [4.78, 5) is 29.0. The summed E-state index contributed by atoms with van der Waals surface area (Å²) in [5.41, 5.74) is 1.54. The highest BCUT2D eigenvalue weighted by Gasteiger charge is 2.33. The molecular weight excluding hydrogens is 576 g/mol. The molecule has 0 aliphatic carbocycles. The van der Waals surface area contributed by atoms with Crippen LogP contribution in [-0.4, -0.2) is 50.0 Å². The highest BCUT2D eigenvalue weighted by Crippen LogP contribution is 2.25. The zero-order valence-corrected chi connectivity index (χ0v) is 24.8. The molecule has 0 saturated heterocycles. The monoisotopic (exact) mass is 607 g/mol. The molecule has 0 unspecified atom stereocenters. The number of nitrogens with zero attached hydrogens (tertiary/aromatic N) is 2. The topological polar surface area (TPSA) is 86.8 Å². The molecule has 0 bridgehead atoms. The summed E-state index contributed by atoms with van der Waals surface area (Å²) in [6.07, 6.45) is 1.83. The van der Waals surface area contributed by atoms with E-state index in [2.05, 4.69) is 5.32 Å². The van der Waals surface area contributed by atoms with Gasteiger partial charge in [0.15, 0.2) is 0 Å². The normalized spacial score (nSPS) is 12.8. The van der Waals surface area contributed by atoms with Crippen molar-refractivity contribution in [2.45, 2.75) is 45.3 Å². The van der Waals surface area contributed by atoms with E-state index < -0.39 is 34.3 Å². The van der Waals surface area contributed by atoms with Crippen molar-refractivity contribution < 1.29 is 22.4 Å². The highest BCUT2D eigenvalue weighted by molar-refractivity contribution is 7.92. The van der Waals surface area contributed by atoms with Crippen molar-refractivity contribution >= 4 is 50.7 Å². The van der Waals surface area contributed by atoms with Crippen molar-refractivity contribution in [2.24, 2.45) is 0 Å². The Labute approximate surface area is 244 Å². The van der Waals surface area contributed by atoms with E-state index in [1.807, 2.05) is 44.2 Å². The van der Waals surface area contributed by atoms with Gasteiger partial charge in [-0.15, -0.1) is 0 Å². The predicted molar refractivity (Wildman–Crippen MR) is 157 cm³/mol. The van der Waals surface area contributed by atoms with E-state index in [1.165, 1.54) is 17.0 Å². The van der Waals surface area contributed by atoms with E-state index in [4.69, 9.17) is 23.2 Å². The maximum atomic E-state index is 14.0. The van der Waals surface area contributed by atoms with Crippen LogP contribution in [0.3, 0.4) is 0 Å². The third-order valence-electron chi connectivity index (χ3n) is 6.40. The summed E-state index contributed by atoms with van der Waals surface area (Å²) in [5, 5.41) is 3.57. The van der Waals surface area contributed by atoms with Crippen LogP contribution in [0.1, 0.15) is 31.4 Å². The molecular formula is C29H32Cl2FN3O4S. The number of benzene rings is 3. The van der Waals surface area contributed by atoms with Crippen LogP contribution in [-0.2, 0) is 32.6 Å². The quantitative estimate of drug-likeness (QED) is 0.296. The number of carbonyl (C=O) groups is 2. The Morgan fingerprint density at radius 3 is 2.17 bits per heavy atom. The fraction of sp³-hybridized carbons (Fsp3) is 0.310. The van der Waals surface area contributed by atoms with Crippen molar-refractivity contribution in [3.8, 4) is 0 Å². The first kappa shape index (κ1) is 31.4. The van der Waals surface area contributed by atoms with Crippen LogP contribution < -0.4 is 9.62 Å². The number of rotatable bonds is 12. The molecule has 11 heteroatoms. The zero-order valence-electron chi connectivity index (χ0n) is 22.5.